The highest BCUT2D eigenvalue weighted by atomic mass is 19.1. The van der Waals surface area contributed by atoms with Crippen molar-refractivity contribution in [3.8, 4) is 6.07 Å². The van der Waals surface area contributed by atoms with Crippen LogP contribution in [0.25, 0.3) is 10.8 Å². The Kier molecular flexibility index (Phi) is 6.00. The van der Waals surface area contributed by atoms with Gasteiger partial charge in [0.05, 0.1) is 5.56 Å². The second-order valence-corrected chi connectivity index (χ2v) is 9.22. The molecule has 0 amide bonds. The molecule has 2 aliphatic carbocycles. The minimum absolute atomic E-state index is 0.136. The van der Waals surface area contributed by atoms with Gasteiger partial charge in [-0.3, -0.25) is 0 Å². The van der Waals surface area contributed by atoms with Crippen molar-refractivity contribution < 1.29 is 4.39 Å². The SMILES string of the molecule is CCCCC[C@@H]1CC[C@@H]2CC(c3ccc4c(F)c(C#N)ccc4c3)CCC2C1. The van der Waals surface area contributed by atoms with Gasteiger partial charge >= 0.3 is 0 Å². The van der Waals surface area contributed by atoms with Crippen LogP contribution in [0.1, 0.15) is 88.2 Å². The lowest BCUT2D eigenvalue weighted by Gasteiger charge is -2.42. The highest BCUT2D eigenvalue weighted by molar-refractivity contribution is 5.85. The summed E-state index contributed by atoms with van der Waals surface area (Å²) in [5.74, 6) is 3.03. The van der Waals surface area contributed by atoms with Gasteiger partial charge in [0.25, 0.3) is 0 Å². The van der Waals surface area contributed by atoms with Crippen LogP contribution in [0.15, 0.2) is 30.3 Å². The molecule has 2 fully saturated rings. The smallest absolute Gasteiger partial charge is 0.148 e. The first-order valence-corrected chi connectivity index (χ1v) is 11.3. The largest absolute Gasteiger partial charge is 0.205 e. The maximum Gasteiger partial charge on any atom is 0.148 e. The number of rotatable bonds is 5. The summed E-state index contributed by atoms with van der Waals surface area (Å²) in [6.45, 7) is 2.29. The molecule has 0 aliphatic heterocycles. The van der Waals surface area contributed by atoms with E-state index in [1.807, 2.05) is 18.2 Å². The Morgan fingerprint density at radius 1 is 1.00 bits per heavy atom. The molecule has 2 aliphatic rings. The molecular weight excluding hydrogens is 345 g/mol. The first-order chi connectivity index (χ1) is 13.7. The van der Waals surface area contributed by atoms with E-state index < -0.39 is 0 Å². The summed E-state index contributed by atoms with van der Waals surface area (Å²) in [6.07, 6.45) is 13.8. The van der Waals surface area contributed by atoms with Gasteiger partial charge in [-0.05, 0) is 72.8 Å². The van der Waals surface area contributed by atoms with Gasteiger partial charge < -0.3 is 0 Å². The number of fused-ring (bicyclic) bond motifs is 2. The molecule has 0 aromatic heterocycles. The molecule has 2 aromatic carbocycles. The van der Waals surface area contributed by atoms with E-state index >= 15 is 0 Å². The third-order valence-electron chi connectivity index (χ3n) is 7.51. The Balaban J connectivity index is 1.43. The molecule has 0 spiro atoms. The molecule has 1 nitrogen and oxygen atoms in total. The summed E-state index contributed by atoms with van der Waals surface area (Å²) in [5, 5.41) is 10.5. The van der Waals surface area contributed by atoms with Crippen LogP contribution < -0.4 is 0 Å². The highest BCUT2D eigenvalue weighted by Crippen LogP contribution is 2.48. The maximum absolute atomic E-state index is 14.4. The third-order valence-corrected chi connectivity index (χ3v) is 7.51. The summed E-state index contributed by atoms with van der Waals surface area (Å²) >= 11 is 0. The zero-order chi connectivity index (χ0) is 19.5. The summed E-state index contributed by atoms with van der Waals surface area (Å²) in [7, 11) is 0. The quantitative estimate of drug-likeness (QED) is 0.489. The van der Waals surface area contributed by atoms with Crippen molar-refractivity contribution in [2.75, 3.05) is 0 Å². The summed E-state index contributed by atoms with van der Waals surface area (Å²) < 4.78 is 14.4. The fourth-order valence-electron chi connectivity index (χ4n) is 5.88. The summed E-state index contributed by atoms with van der Waals surface area (Å²) in [5.41, 5.74) is 1.50. The van der Waals surface area contributed by atoms with Gasteiger partial charge in [-0.2, -0.15) is 5.26 Å². The second-order valence-electron chi connectivity index (χ2n) is 9.22. The van der Waals surface area contributed by atoms with Crippen molar-refractivity contribution in [3.63, 3.8) is 0 Å². The topological polar surface area (TPSA) is 23.8 Å². The number of hydrogen-bond acceptors (Lipinski definition) is 1. The van der Waals surface area contributed by atoms with E-state index in [1.165, 1.54) is 69.8 Å². The number of nitriles is 1. The molecule has 2 aromatic rings. The average Bonchev–Trinajstić information content (AvgIpc) is 2.73. The third kappa shape index (κ3) is 3.95. The summed E-state index contributed by atoms with van der Waals surface area (Å²) in [6, 6.07) is 11.6. The van der Waals surface area contributed by atoms with Crippen molar-refractivity contribution in [3.05, 3.63) is 47.3 Å². The van der Waals surface area contributed by atoms with Crippen LogP contribution in [0, 0.1) is 34.9 Å². The van der Waals surface area contributed by atoms with E-state index in [2.05, 4.69) is 19.1 Å². The van der Waals surface area contributed by atoms with E-state index in [4.69, 9.17) is 5.26 Å². The van der Waals surface area contributed by atoms with Gasteiger partial charge in [0.1, 0.15) is 11.9 Å². The normalized spacial score (nSPS) is 27.3. The van der Waals surface area contributed by atoms with Gasteiger partial charge in [0.2, 0.25) is 0 Å². The van der Waals surface area contributed by atoms with E-state index in [0.29, 0.717) is 11.3 Å². The zero-order valence-electron chi connectivity index (χ0n) is 17.1. The molecule has 2 unspecified atom stereocenters. The lowest BCUT2D eigenvalue weighted by Crippen LogP contribution is -2.30. The van der Waals surface area contributed by atoms with E-state index in [9.17, 15) is 4.39 Å². The number of halogens is 1. The van der Waals surface area contributed by atoms with E-state index in [0.717, 1.165) is 23.1 Å². The van der Waals surface area contributed by atoms with Crippen molar-refractivity contribution in [2.24, 2.45) is 17.8 Å². The molecule has 2 heteroatoms. The van der Waals surface area contributed by atoms with Gasteiger partial charge in [0.15, 0.2) is 0 Å². The fourth-order valence-corrected chi connectivity index (χ4v) is 5.88. The zero-order valence-corrected chi connectivity index (χ0v) is 17.1. The minimum Gasteiger partial charge on any atom is -0.205 e. The second kappa shape index (κ2) is 8.64. The Morgan fingerprint density at radius 3 is 2.64 bits per heavy atom. The molecule has 148 valence electrons. The summed E-state index contributed by atoms with van der Waals surface area (Å²) in [4.78, 5) is 0. The number of benzene rings is 2. The first-order valence-electron chi connectivity index (χ1n) is 11.3. The van der Waals surface area contributed by atoms with Gasteiger partial charge in [-0.1, -0.05) is 63.3 Å². The molecule has 4 atom stereocenters. The van der Waals surface area contributed by atoms with Gasteiger partial charge in [-0.25, -0.2) is 4.39 Å². The van der Waals surface area contributed by atoms with Gasteiger partial charge in [0, 0.05) is 5.39 Å². The monoisotopic (exact) mass is 377 g/mol. The number of unbranched alkanes of at least 4 members (excludes halogenated alkanes) is 2. The van der Waals surface area contributed by atoms with Crippen LogP contribution in [0.2, 0.25) is 0 Å². The van der Waals surface area contributed by atoms with Crippen LogP contribution >= 0.6 is 0 Å². The fraction of sp³-hybridized carbons (Fsp3) is 0.577. The standard InChI is InChI=1S/C26H32FN/c1-2-3-4-5-18-6-7-20-15-21(9-8-19(20)14-18)22-12-13-25-23(16-22)10-11-24(17-28)26(25)27/h10-13,16,18-21H,2-9,14-15H2,1H3/t18-,19?,20-,21?/m1/s1. The number of hydrogen-bond donors (Lipinski definition) is 0. The predicted octanol–water partition coefficient (Wildman–Crippen LogP) is 7.73. The first kappa shape index (κ1) is 19.4. The van der Waals surface area contributed by atoms with Crippen molar-refractivity contribution in [2.45, 2.75) is 77.0 Å². The van der Waals surface area contributed by atoms with Crippen LogP contribution in [0.5, 0.6) is 0 Å². The molecule has 0 radical (unpaired) electrons. The van der Waals surface area contributed by atoms with Gasteiger partial charge in [-0.15, -0.1) is 0 Å². The van der Waals surface area contributed by atoms with Crippen LogP contribution in [0.3, 0.4) is 0 Å². The molecule has 4 rings (SSSR count). The molecule has 28 heavy (non-hydrogen) atoms. The van der Waals surface area contributed by atoms with Crippen LogP contribution in [-0.4, -0.2) is 0 Å². The minimum atomic E-state index is -0.378. The van der Waals surface area contributed by atoms with Crippen LogP contribution in [-0.2, 0) is 0 Å². The molecule has 0 heterocycles. The lowest BCUT2D eigenvalue weighted by atomic mass is 9.63. The molecule has 0 bridgehead atoms. The van der Waals surface area contributed by atoms with E-state index in [-0.39, 0.29) is 11.4 Å². The Morgan fingerprint density at radius 2 is 1.82 bits per heavy atom. The Labute approximate surface area is 168 Å². The molecule has 2 saturated carbocycles. The van der Waals surface area contributed by atoms with Crippen molar-refractivity contribution in [1.82, 2.24) is 0 Å². The van der Waals surface area contributed by atoms with Crippen molar-refractivity contribution in [1.29, 1.82) is 5.26 Å². The van der Waals surface area contributed by atoms with Crippen molar-refractivity contribution >= 4 is 10.8 Å². The maximum atomic E-state index is 14.4. The van der Waals surface area contributed by atoms with Crippen LogP contribution in [0.4, 0.5) is 4.39 Å². The number of nitrogens with zero attached hydrogens (tertiary/aromatic N) is 1. The highest BCUT2D eigenvalue weighted by Gasteiger charge is 2.35. The molecular formula is C26H32FN. The average molecular weight is 378 g/mol. The predicted molar refractivity (Wildman–Crippen MR) is 114 cm³/mol. The molecule has 0 saturated heterocycles. The molecule has 0 N–H and O–H groups in total. The van der Waals surface area contributed by atoms with E-state index in [1.54, 1.807) is 6.07 Å². The lowest BCUT2D eigenvalue weighted by molar-refractivity contribution is 0.113. The Hall–Kier alpha value is -1.88. The Bertz CT molecular complexity index is 865.